The van der Waals surface area contributed by atoms with Crippen LogP contribution in [0.15, 0.2) is 24.3 Å². The van der Waals surface area contributed by atoms with Crippen molar-refractivity contribution < 1.29 is 9.90 Å². The number of hydrogen-bond donors (Lipinski definition) is 1. The van der Waals surface area contributed by atoms with Crippen LogP contribution in [-0.4, -0.2) is 16.5 Å². The fourth-order valence-corrected chi connectivity index (χ4v) is 1.79. The average Bonchev–Trinajstić information content (AvgIpc) is 2.31. The van der Waals surface area contributed by atoms with E-state index < -0.39 is 5.60 Å². The van der Waals surface area contributed by atoms with Crippen molar-refractivity contribution in [3.05, 3.63) is 35.4 Å². The summed E-state index contributed by atoms with van der Waals surface area (Å²) in [7, 11) is 0. The zero-order valence-electron chi connectivity index (χ0n) is 10.3. The van der Waals surface area contributed by atoms with Crippen LogP contribution in [0.5, 0.6) is 0 Å². The molecule has 0 aliphatic carbocycles. The lowest BCUT2D eigenvalue weighted by molar-refractivity contribution is -0.137. The van der Waals surface area contributed by atoms with E-state index >= 15 is 0 Å². The van der Waals surface area contributed by atoms with Gasteiger partial charge in [-0.25, -0.2) is 0 Å². The summed E-state index contributed by atoms with van der Waals surface area (Å²) in [6.07, 6.45) is 1.29. The van der Waals surface area contributed by atoms with Crippen molar-refractivity contribution in [3.63, 3.8) is 0 Å². The van der Waals surface area contributed by atoms with Gasteiger partial charge in [0.1, 0.15) is 5.60 Å². The Morgan fingerprint density at radius 3 is 2.31 bits per heavy atom. The predicted octanol–water partition coefficient (Wildman–Crippen LogP) is 2.66. The minimum Gasteiger partial charge on any atom is -0.382 e. The Labute approximate surface area is 97.3 Å². The van der Waals surface area contributed by atoms with E-state index in [4.69, 9.17) is 0 Å². The van der Waals surface area contributed by atoms with Gasteiger partial charge in [-0.15, -0.1) is 0 Å². The lowest BCUT2D eigenvalue weighted by atomic mass is 9.88. The Morgan fingerprint density at radius 1 is 1.25 bits per heavy atom. The lowest BCUT2D eigenvalue weighted by Gasteiger charge is -2.23. The molecule has 0 heterocycles. The number of aliphatic hydroxyl groups is 1. The van der Waals surface area contributed by atoms with Crippen LogP contribution in [-0.2, 0) is 11.2 Å². The van der Waals surface area contributed by atoms with Gasteiger partial charge in [-0.3, -0.25) is 4.79 Å². The highest BCUT2D eigenvalue weighted by atomic mass is 16.3. The summed E-state index contributed by atoms with van der Waals surface area (Å²) in [5.74, 6) is -0.0770. The smallest absolute Gasteiger partial charge is 0.168 e. The van der Waals surface area contributed by atoms with Crippen molar-refractivity contribution in [2.24, 2.45) is 0 Å². The van der Waals surface area contributed by atoms with Crippen molar-refractivity contribution in [1.29, 1.82) is 0 Å². The van der Waals surface area contributed by atoms with Gasteiger partial charge in [0, 0.05) is 6.42 Å². The van der Waals surface area contributed by atoms with Crippen LogP contribution in [0.2, 0.25) is 0 Å². The van der Waals surface area contributed by atoms with E-state index in [1.807, 2.05) is 45.0 Å². The molecule has 0 aliphatic heterocycles. The van der Waals surface area contributed by atoms with E-state index in [2.05, 4.69) is 0 Å². The van der Waals surface area contributed by atoms with Crippen molar-refractivity contribution in [3.8, 4) is 0 Å². The van der Waals surface area contributed by atoms with Crippen LogP contribution in [0, 0.1) is 6.92 Å². The second-order valence-electron chi connectivity index (χ2n) is 4.27. The molecule has 0 aromatic heterocycles. The minimum absolute atomic E-state index is 0.0770. The molecular weight excluding hydrogens is 200 g/mol. The number of rotatable bonds is 5. The number of benzene rings is 1. The summed E-state index contributed by atoms with van der Waals surface area (Å²) in [6.45, 7) is 5.68. The van der Waals surface area contributed by atoms with Gasteiger partial charge in [-0.2, -0.15) is 0 Å². The van der Waals surface area contributed by atoms with Crippen LogP contribution in [0.1, 0.15) is 37.8 Å². The van der Waals surface area contributed by atoms with E-state index in [9.17, 15) is 9.90 Å². The third-order valence-electron chi connectivity index (χ3n) is 3.30. The molecule has 0 unspecified atom stereocenters. The van der Waals surface area contributed by atoms with Crippen molar-refractivity contribution in [1.82, 2.24) is 0 Å². The Bertz CT molecular complexity index is 365. The molecule has 1 N–H and O–H groups in total. The van der Waals surface area contributed by atoms with Crippen LogP contribution >= 0.6 is 0 Å². The van der Waals surface area contributed by atoms with Gasteiger partial charge in [0.05, 0.1) is 0 Å². The third-order valence-corrected chi connectivity index (χ3v) is 3.30. The first kappa shape index (κ1) is 12.9. The molecule has 88 valence electrons. The molecular formula is C14H20O2. The molecule has 0 spiro atoms. The minimum atomic E-state index is -1.15. The van der Waals surface area contributed by atoms with Gasteiger partial charge < -0.3 is 5.11 Å². The van der Waals surface area contributed by atoms with Crippen LogP contribution < -0.4 is 0 Å². The molecule has 1 aromatic carbocycles. The first-order valence-electron chi connectivity index (χ1n) is 5.83. The number of hydrogen-bond acceptors (Lipinski definition) is 2. The predicted molar refractivity (Wildman–Crippen MR) is 65.4 cm³/mol. The highest BCUT2D eigenvalue weighted by molar-refractivity contribution is 5.89. The fraction of sp³-hybridized carbons (Fsp3) is 0.500. The van der Waals surface area contributed by atoms with Crippen molar-refractivity contribution in [2.45, 2.75) is 45.6 Å². The SMILES string of the molecule is CCC(O)(CC)C(=O)Cc1ccccc1C. The lowest BCUT2D eigenvalue weighted by Crippen LogP contribution is -2.38. The molecule has 2 heteroatoms. The molecule has 1 rings (SSSR count). The second kappa shape index (κ2) is 5.26. The molecule has 0 saturated carbocycles. The molecule has 0 aliphatic rings. The maximum absolute atomic E-state index is 12.0. The molecule has 0 fully saturated rings. The largest absolute Gasteiger partial charge is 0.382 e. The first-order chi connectivity index (χ1) is 7.53. The highest BCUT2D eigenvalue weighted by Crippen LogP contribution is 2.19. The molecule has 2 nitrogen and oxygen atoms in total. The summed E-state index contributed by atoms with van der Waals surface area (Å²) >= 11 is 0. The van der Waals surface area contributed by atoms with Gasteiger partial charge >= 0.3 is 0 Å². The zero-order valence-corrected chi connectivity index (χ0v) is 10.3. The Morgan fingerprint density at radius 2 is 1.81 bits per heavy atom. The van der Waals surface area contributed by atoms with Gasteiger partial charge in [0.25, 0.3) is 0 Å². The van der Waals surface area contributed by atoms with Crippen LogP contribution in [0.3, 0.4) is 0 Å². The molecule has 0 bridgehead atoms. The summed E-state index contributed by atoms with van der Waals surface area (Å²) in [6, 6.07) is 7.81. The maximum atomic E-state index is 12.0. The quantitative estimate of drug-likeness (QED) is 0.828. The summed E-state index contributed by atoms with van der Waals surface area (Å²) in [5, 5.41) is 10.1. The molecule has 1 aromatic rings. The van der Waals surface area contributed by atoms with Crippen LogP contribution in [0.4, 0.5) is 0 Å². The average molecular weight is 220 g/mol. The van der Waals surface area contributed by atoms with Gasteiger partial charge in [0.15, 0.2) is 5.78 Å². The zero-order chi connectivity index (χ0) is 12.2. The van der Waals surface area contributed by atoms with Crippen molar-refractivity contribution in [2.75, 3.05) is 0 Å². The van der Waals surface area contributed by atoms with E-state index in [0.717, 1.165) is 11.1 Å². The number of ketones is 1. The Balaban J connectivity index is 2.83. The van der Waals surface area contributed by atoms with E-state index in [1.54, 1.807) is 0 Å². The van der Waals surface area contributed by atoms with Gasteiger partial charge in [-0.1, -0.05) is 38.1 Å². The molecule has 0 radical (unpaired) electrons. The standard InChI is InChI=1S/C14H20O2/c1-4-14(16,5-2)13(15)10-12-9-7-6-8-11(12)3/h6-9,16H,4-5,10H2,1-3H3. The normalized spacial score (nSPS) is 11.5. The molecule has 0 amide bonds. The highest BCUT2D eigenvalue weighted by Gasteiger charge is 2.31. The number of carbonyl (C=O) groups excluding carboxylic acids is 1. The Kier molecular flexibility index (Phi) is 4.25. The van der Waals surface area contributed by atoms with E-state index in [0.29, 0.717) is 19.3 Å². The number of Topliss-reactive ketones (excluding diaryl/α,β-unsaturated/α-hetero) is 1. The molecule has 16 heavy (non-hydrogen) atoms. The second-order valence-corrected chi connectivity index (χ2v) is 4.27. The number of carbonyl (C=O) groups is 1. The third kappa shape index (κ3) is 2.70. The summed E-state index contributed by atoms with van der Waals surface area (Å²) in [4.78, 5) is 12.0. The van der Waals surface area contributed by atoms with Crippen molar-refractivity contribution >= 4 is 5.78 Å². The summed E-state index contributed by atoms with van der Waals surface area (Å²) < 4.78 is 0. The summed E-state index contributed by atoms with van der Waals surface area (Å²) in [5.41, 5.74) is 0.959. The van der Waals surface area contributed by atoms with Gasteiger partial charge in [0.2, 0.25) is 0 Å². The van der Waals surface area contributed by atoms with Gasteiger partial charge in [-0.05, 0) is 30.9 Å². The monoisotopic (exact) mass is 220 g/mol. The van der Waals surface area contributed by atoms with E-state index in [1.165, 1.54) is 0 Å². The topological polar surface area (TPSA) is 37.3 Å². The molecule has 0 saturated heterocycles. The van der Waals surface area contributed by atoms with Crippen LogP contribution in [0.25, 0.3) is 0 Å². The number of aryl methyl sites for hydroxylation is 1. The van der Waals surface area contributed by atoms with E-state index in [-0.39, 0.29) is 5.78 Å². The fourth-order valence-electron chi connectivity index (χ4n) is 1.79. The Hall–Kier alpha value is -1.15. The molecule has 0 atom stereocenters. The maximum Gasteiger partial charge on any atom is 0.168 e. The first-order valence-corrected chi connectivity index (χ1v) is 5.83.